The van der Waals surface area contributed by atoms with Crippen molar-refractivity contribution >= 4 is 17.1 Å². The lowest BCUT2D eigenvalue weighted by Crippen LogP contribution is -1.97. The summed E-state index contributed by atoms with van der Waals surface area (Å²) < 4.78 is 0. The molecule has 0 spiro atoms. The van der Waals surface area contributed by atoms with Crippen LogP contribution in [0, 0.1) is 10.1 Å². The fraction of sp³-hybridized carbons (Fsp3) is 0. The van der Waals surface area contributed by atoms with E-state index in [1.165, 1.54) is 0 Å². The summed E-state index contributed by atoms with van der Waals surface area (Å²) in [5, 5.41) is 17.1. The van der Waals surface area contributed by atoms with Crippen molar-refractivity contribution in [3.63, 3.8) is 0 Å². The van der Waals surface area contributed by atoms with Gasteiger partial charge in [-0.05, 0) is 16.0 Å². The number of aromatic amines is 1. The molecule has 0 amide bonds. The molecule has 2 aromatic heterocycles. The third-order valence-electron chi connectivity index (χ3n) is 1.33. The first kappa shape index (κ1) is 6.65. The Kier molecular flexibility index (Phi) is 1.23. The minimum absolute atomic E-state index is 0.372. The molecule has 0 fully saturated rings. The van der Waals surface area contributed by atoms with Gasteiger partial charge in [0, 0.05) is 6.20 Å². The van der Waals surface area contributed by atoms with Gasteiger partial charge in [-0.2, -0.15) is 0 Å². The Labute approximate surface area is 65.6 Å². The number of aromatic nitrogens is 4. The molecule has 1 N–H and O–H groups in total. The minimum Gasteiger partial charge on any atom is -0.390 e. The summed E-state index contributed by atoms with van der Waals surface area (Å²) in [6.45, 7) is 0. The van der Waals surface area contributed by atoms with Crippen molar-refractivity contribution in [1.29, 1.82) is 0 Å². The molecule has 60 valence electrons. The van der Waals surface area contributed by atoms with Crippen LogP contribution in [0.2, 0.25) is 0 Å². The molecule has 0 aliphatic heterocycles. The SMILES string of the molecule is O=[N+]([O-])c1nnc2cc[nH]c2n1. The summed E-state index contributed by atoms with van der Waals surface area (Å²) in [4.78, 5) is 15.8. The predicted octanol–water partition coefficient (Wildman–Crippen LogP) is 0.261. The molecule has 0 saturated heterocycles. The maximum absolute atomic E-state index is 10.2. The second-order valence-electron chi connectivity index (χ2n) is 2.08. The van der Waals surface area contributed by atoms with Crippen molar-refractivity contribution in [3.05, 3.63) is 22.4 Å². The van der Waals surface area contributed by atoms with Crippen molar-refractivity contribution in [2.45, 2.75) is 0 Å². The fourth-order valence-corrected chi connectivity index (χ4v) is 0.821. The zero-order valence-electron chi connectivity index (χ0n) is 5.76. The van der Waals surface area contributed by atoms with Gasteiger partial charge in [-0.1, -0.05) is 5.10 Å². The topological polar surface area (TPSA) is 97.6 Å². The quantitative estimate of drug-likeness (QED) is 0.482. The zero-order chi connectivity index (χ0) is 8.55. The van der Waals surface area contributed by atoms with E-state index in [1.807, 2.05) is 0 Å². The van der Waals surface area contributed by atoms with Crippen molar-refractivity contribution in [2.75, 3.05) is 0 Å². The second kappa shape index (κ2) is 2.22. The third-order valence-corrected chi connectivity index (χ3v) is 1.33. The lowest BCUT2D eigenvalue weighted by Gasteiger charge is -1.87. The molecule has 7 nitrogen and oxygen atoms in total. The Morgan fingerprint density at radius 2 is 2.33 bits per heavy atom. The number of hydrogen-bond donors (Lipinski definition) is 1. The van der Waals surface area contributed by atoms with Crippen LogP contribution in [0.15, 0.2) is 12.3 Å². The number of nitrogens with zero attached hydrogens (tertiary/aromatic N) is 4. The summed E-state index contributed by atoms with van der Waals surface area (Å²) in [5.74, 6) is -0.495. The van der Waals surface area contributed by atoms with Gasteiger partial charge in [0.25, 0.3) is 0 Å². The average Bonchev–Trinajstić information content (AvgIpc) is 2.49. The van der Waals surface area contributed by atoms with Crippen LogP contribution in [0.4, 0.5) is 5.95 Å². The van der Waals surface area contributed by atoms with E-state index in [1.54, 1.807) is 12.3 Å². The first-order chi connectivity index (χ1) is 5.77. The predicted molar refractivity (Wildman–Crippen MR) is 38.3 cm³/mol. The lowest BCUT2D eigenvalue weighted by molar-refractivity contribution is -0.394. The lowest BCUT2D eigenvalue weighted by atomic mass is 10.6. The van der Waals surface area contributed by atoms with Gasteiger partial charge in [0.1, 0.15) is 0 Å². The molecule has 0 bridgehead atoms. The van der Waals surface area contributed by atoms with Crippen LogP contribution in [0.25, 0.3) is 11.2 Å². The Morgan fingerprint density at radius 1 is 1.50 bits per heavy atom. The normalized spacial score (nSPS) is 10.3. The van der Waals surface area contributed by atoms with Crippen LogP contribution in [0.3, 0.4) is 0 Å². The smallest absolute Gasteiger partial charge is 0.390 e. The van der Waals surface area contributed by atoms with E-state index >= 15 is 0 Å². The van der Waals surface area contributed by atoms with Gasteiger partial charge in [0.15, 0.2) is 5.52 Å². The Morgan fingerprint density at radius 3 is 3.08 bits per heavy atom. The van der Waals surface area contributed by atoms with Gasteiger partial charge in [0.2, 0.25) is 5.65 Å². The second-order valence-corrected chi connectivity index (χ2v) is 2.08. The van der Waals surface area contributed by atoms with E-state index in [9.17, 15) is 10.1 Å². The van der Waals surface area contributed by atoms with Crippen molar-refractivity contribution < 1.29 is 4.92 Å². The summed E-state index contributed by atoms with van der Waals surface area (Å²) >= 11 is 0. The van der Waals surface area contributed by atoms with Crippen LogP contribution in [0.1, 0.15) is 0 Å². The maximum atomic E-state index is 10.2. The van der Waals surface area contributed by atoms with E-state index in [2.05, 4.69) is 20.2 Å². The first-order valence-electron chi connectivity index (χ1n) is 3.09. The molecule has 0 aliphatic carbocycles. The molecule has 0 radical (unpaired) electrons. The monoisotopic (exact) mass is 165 g/mol. The molecule has 7 heteroatoms. The van der Waals surface area contributed by atoms with Crippen LogP contribution in [0.5, 0.6) is 0 Å². The molecule has 2 rings (SSSR count). The molecule has 0 unspecified atom stereocenters. The standard InChI is InChI=1S/C5H3N5O2/c11-10(12)5-7-4-3(8-9-5)1-2-6-4/h1-2H,(H,6,7,9). The van der Waals surface area contributed by atoms with Crippen LogP contribution in [-0.4, -0.2) is 25.1 Å². The maximum Gasteiger partial charge on any atom is 0.493 e. The van der Waals surface area contributed by atoms with E-state index in [-0.39, 0.29) is 0 Å². The molecule has 0 atom stereocenters. The Balaban J connectivity index is 2.68. The van der Waals surface area contributed by atoms with Gasteiger partial charge in [-0.3, -0.25) is 0 Å². The molecule has 2 heterocycles. The molecule has 0 saturated carbocycles. The number of nitro groups is 1. The summed E-state index contributed by atoms with van der Waals surface area (Å²) in [6.07, 6.45) is 1.59. The highest BCUT2D eigenvalue weighted by atomic mass is 16.6. The first-order valence-corrected chi connectivity index (χ1v) is 3.09. The fourth-order valence-electron chi connectivity index (χ4n) is 0.821. The van der Waals surface area contributed by atoms with E-state index in [0.29, 0.717) is 11.2 Å². The van der Waals surface area contributed by atoms with E-state index < -0.39 is 10.9 Å². The Bertz CT molecular complexity index is 436. The number of fused-ring (bicyclic) bond motifs is 1. The van der Waals surface area contributed by atoms with Gasteiger partial charge in [-0.15, -0.1) is 0 Å². The van der Waals surface area contributed by atoms with Gasteiger partial charge >= 0.3 is 5.95 Å². The van der Waals surface area contributed by atoms with E-state index in [0.717, 1.165) is 0 Å². The van der Waals surface area contributed by atoms with E-state index in [4.69, 9.17) is 0 Å². The largest absolute Gasteiger partial charge is 0.493 e. The molecule has 12 heavy (non-hydrogen) atoms. The van der Waals surface area contributed by atoms with Crippen molar-refractivity contribution in [3.8, 4) is 0 Å². The van der Waals surface area contributed by atoms with Crippen LogP contribution >= 0.6 is 0 Å². The number of H-pyrrole nitrogens is 1. The highest BCUT2D eigenvalue weighted by Crippen LogP contribution is 2.07. The van der Waals surface area contributed by atoms with Crippen molar-refractivity contribution in [1.82, 2.24) is 20.2 Å². The molecular formula is C5H3N5O2. The Hall–Kier alpha value is -2.05. The summed E-state index contributed by atoms with van der Waals surface area (Å²) in [5.41, 5.74) is 0.886. The molecule has 0 aliphatic rings. The van der Waals surface area contributed by atoms with Crippen molar-refractivity contribution in [2.24, 2.45) is 0 Å². The highest BCUT2D eigenvalue weighted by Gasteiger charge is 2.12. The van der Waals surface area contributed by atoms with Gasteiger partial charge in [-0.25, -0.2) is 0 Å². The molecule has 0 aromatic carbocycles. The van der Waals surface area contributed by atoms with Crippen LogP contribution < -0.4 is 0 Å². The number of hydrogen-bond acceptors (Lipinski definition) is 5. The molecule has 2 aromatic rings. The molecular weight excluding hydrogens is 162 g/mol. The third kappa shape index (κ3) is 0.875. The average molecular weight is 165 g/mol. The highest BCUT2D eigenvalue weighted by molar-refractivity contribution is 5.69. The number of nitrogens with one attached hydrogen (secondary N) is 1. The van der Waals surface area contributed by atoms with Gasteiger partial charge in [0.05, 0.1) is 5.10 Å². The zero-order valence-corrected chi connectivity index (χ0v) is 5.76. The summed E-state index contributed by atoms with van der Waals surface area (Å²) in [7, 11) is 0. The summed E-state index contributed by atoms with van der Waals surface area (Å²) in [6, 6.07) is 1.64. The minimum atomic E-state index is -0.687. The van der Waals surface area contributed by atoms with Gasteiger partial charge < -0.3 is 15.1 Å². The van der Waals surface area contributed by atoms with Crippen LogP contribution in [-0.2, 0) is 0 Å². The number of rotatable bonds is 1.